The van der Waals surface area contributed by atoms with E-state index in [1.807, 2.05) is 0 Å². The zero-order chi connectivity index (χ0) is 8.53. The van der Waals surface area contributed by atoms with E-state index in [1.165, 1.54) is 20.0 Å². The fourth-order valence-electron chi connectivity index (χ4n) is 0.831. The van der Waals surface area contributed by atoms with Crippen LogP contribution in [-0.2, 0) is 14.6 Å². The number of hydrogen-bond acceptors (Lipinski definition) is 3. The topological polar surface area (TPSA) is 35.5 Å². The highest BCUT2D eigenvalue weighted by Gasteiger charge is 2.00. The van der Waals surface area contributed by atoms with Crippen LogP contribution in [-0.4, -0.2) is 13.1 Å². The molecule has 0 aromatic heterocycles. The van der Waals surface area contributed by atoms with Gasteiger partial charge in [0.2, 0.25) is 0 Å². The smallest absolute Gasteiger partial charge is 0.299 e. The third kappa shape index (κ3) is 7.33. The molecule has 0 aromatic rings. The molecular weight excluding hydrogens is 144 g/mol. The first-order valence-corrected chi connectivity index (χ1v) is 4.04. The van der Waals surface area contributed by atoms with Crippen molar-refractivity contribution in [3.63, 3.8) is 0 Å². The molecule has 0 atom stereocenters. The number of hydrogen-bond donors (Lipinski definition) is 0. The summed E-state index contributed by atoms with van der Waals surface area (Å²) in [7, 11) is 1.34. The van der Waals surface area contributed by atoms with Crippen molar-refractivity contribution in [1.29, 1.82) is 0 Å². The normalized spacial score (nSPS) is 9.64. The average Bonchev–Trinajstić information content (AvgIpc) is 1.99. The standard InChI is InChI=1S/C8H16O3/c1-3-4-5-6-7-8(9)11-10-2/h3-7H2,1-2H3. The third-order valence-electron chi connectivity index (χ3n) is 1.41. The van der Waals surface area contributed by atoms with E-state index < -0.39 is 0 Å². The fraction of sp³-hybridized carbons (Fsp3) is 0.875. The summed E-state index contributed by atoms with van der Waals surface area (Å²) in [4.78, 5) is 19.2. The van der Waals surface area contributed by atoms with Crippen molar-refractivity contribution in [1.82, 2.24) is 0 Å². The van der Waals surface area contributed by atoms with E-state index in [4.69, 9.17) is 0 Å². The summed E-state index contributed by atoms with van der Waals surface area (Å²) < 4.78 is 0. The van der Waals surface area contributed by atoms with Gasteiger partial charge in [-0.2, -0.15) is 4.89 Å². The lowest BCUT2D eigenvalue weighted by Gasteiger charge is -1.98. The zero-order valence-electron chi connectivity index (χ0n) is 7.26. The Labute approximate surface area is 67.6 Å². The summed E-state index contributed by atoms with van der Waals surface area (Å²) in [6, 6.07) is 0. The summed E-state index contributed by atoms with van der Waals surface area (Å²) in [6.45, 7) is 2.13. The lowest BCUT2D eigenvalue weighted by Crippen LogP contribution is -2.02. The predicted octanol–water partition coefficient (Wildman–Crippen LogP) is 2.06. The molecule has 0 spiro atoms. The number of carbonyl (C=O) groups is 1. The first-order chi connectivity index (χ1) is 5.31. The van der Waals surface area contributed by atoms with Crippen LogP contribution in [0.15, 0.2) is 0 Å². The Morgan fingerprint density at radius 3 is 2.55 bits per heavy atom. The van der Waals surface area contributed by atoms with Crippen LogP contribution >= 0.6 is 0 Å². The number of rotatable bonds is 6. The van der Waals surface area contributed by atoms with Crippen LogP contribution in [0.3, 0.4) is 0 Å². The Morgan fingerprint density at radius 2 is 2.00 bits per heavy atom. The minimum atomic E-state index is -0.274. The number of carbonyl (C=O) groups excluding carboxylic acids is 1. The average molecular weight is 160 g/mol. The Bertz CT molecular complexity index is 102. The SMILES string of the molecule is CCCCCCC(=O)OOC. The fourth-order valence-corrected chi connectivity index (χ4v) is 0.831. The molecule has 66 valence electrons. The van der Waals surface area contributed by atoms with E-state index >= 15 is 0 Å². The van der Waals surface area contributed by atoms with Crippen LogP contribution < -0.4 is 0 Å². The molecule has 0 amide bonds. The quantitative estimate of drug-likeness (QED) is 0.339. The van der Waals surface area contributed by atoms with Crippen LogP contribution in [0.25, 0.3) is 0 Å². The Morgan fingerprint density at radius 1 is 1.27 bits per heavy atom. The van der Waals surface area contributed by atoms with Crippen LogP contribution in [0.5, 0.6) is 0 Å². The van der Waals surface area contributed by atoms with Gasteiger partial charge < -0.3 is 0 Å². The molecular formula is C8H16O3. The molecule has 3 nitrogen and oxygen atoms in total. The van der Waals surface area contributed by atoms with Gasteiger partial charge in [-0.1, -0.05) is 26.2 Å². The van der Waals surface area contributed by atoms with Gasteiger partial charge in [0.15, 0.2) is 0 Å². The minimum absolute atomic E-state index is 0.274. The van der Waals surface area contributed by atoms with E-state index in [9.17, 15) is 4.79 Å². The van der Waals surface area contributed by atoms with Gasteiger partial charge in [-0.25, -0.2) is 4.79 Å². The second-order valence-electron chi connectivity index (χ2n) is 2.43. The van der Waals surface area contributed by atoms with Crippen molar-refractivity contribution < 1.29 is 14.6 Å². The van der Waals surface area contributed by atoms with Gasteiger partial charge in [-0.3, -0.25) is 4.89 Å². The maximum Gasteiger partial charge on any atom is 0.342 e. The number of unbranched alkanes of at least 4 members (excludes halogenated alkanes) is 3. The van der Waals surface area contributed by atoms with Crippen LogP contribution in [0, 0.1) is 0 Å². The molecule has 0 radical (unpaired) electrons. The Hall–Kier alpha value is -0.570. The van der Waals surface area contributed by atoms with Crippen molar-refractivity contribution in [2.75, 3.05) is 7.11 Å². The molecule has 0 aliphatic carbocycles. The third-order valence-corrected chi connectivity index (χ3v) is 1.41. The molecule has 0 aromatic carbocycles. The highest BCUT2D eigenvalue weighted by Crippen LogP contribution is 2.02. The van der Waals surface area contributed by atoms with Crippen molar-refractivity contribution in [2.45, 2.75) is 39.0 Å². The van der Waals surface area contributed by atoms with Gasteiger partial charge in [-0.05, 0) is 6.42 Å². The lowest BCUT2D eigenvalue weighted by atomic mass is 10.2. The van der Waals surface area contributed by atoms with Gasteiger partial charge in [-0.15, -0.1) is 0 Å². The van der Waals surface area contributed by atoms with Crippen molar-refractivity contribution in [2.24, 2.45) is 0 Å². The van der Waals surface area contributed by atoms with Crippen LogP contribution in [0.2, 0.25) is 0 Å². The summed E-state index contributed by atoms with van der Waals surface area (Å²) in [5.41, 5.74) is 0. The van der Waals surface area contributed by atoms with Crippen molar-refractivity contribution >= 4 is 5.97 Å². The molecule has 0 heterocycles. The molecule has 0 fully saturated rings. The van der Waals surface area contributed by atoms with E-state index in [2.05, 4.69) is 16.7 Å². The maximum atomic E-state index is 10.7. The van der Waals surface area contributed by atoms with E-state index in [0.717, 1.165) is 12.8 Å². The summed E-state index contributed by atoms with van der Waals surface area (Å²) in [5, 5.41) is 0. The molecule has 11 heavy (non-hydrogen) atoms. The Kier molecular flexibility index (Phi) is 7.15. The monoisotopic (exact) mass is 160 g/mol. The molecule has 3 heteroatoms. The second kappa shape index (κ2) is 7.54. The molecule has 0 aliphatic heterocycles. The maximum absolute atomic E-state index is 10.7. The van der Waals surface area contributed by atoms with Crippen LogP contribution in [0.4, 0.5) is 0 Å². The van der Waals surface area contributed by atoms with Gasteiger partial charge in [0.25, 0.3) is 0 Å². The molecule has 0 unspecified atom stereocenters. The van der Waals surface area contributed by atoms with Crippen molar-refractivity contribution in [3.8, 4) is 0 Å². The molecule has 0 N–H and O–H groups in total. The lowest BCUT2D eigenvalue weighted by molar-refractivity contribution is -0.255. The van der Waals surface area contributed by atoms with E-state index in [1.54, 1.807) is 0 Å². The predicted molar refractivity (Wildman–Crippen MR) is 41.9 cm³/mol. The van der Waals surface area contributed by atoms with E-state index in [-0.39, 0.29) is 5.97 Å². The first-order valence-electron chi connectivity index (χ1n) is 4.04. The molecule has 0 saturated carbocycles. The molecule has 0 rings (SSSR count). The van der Waals surface area contributed by atoms with E-state index in [0.29, 0.717) is 6.42 Å². The minimum Gasteiger partial charge on any atom is -0.299 e. The molecule has 0 saturated heterocycles. The molecule has 0 aliphatic rings. The highest BCUT2D eigenvalue weighted by molar-refractivity contribution is 5.68. The van der Waals surface area contributed by atoms with Gasteiger partial charge in [0.1, 0.15) is 0 Å². The summed E-state index contributed by atoms with van der Waals surface area (Å²) in [6.07, 6.45) is 4.82. The highest BCUT2D eigenvalue weighted by atomic mass is 17.2. The van der Waals surface area contributed by atoms with Gasteiger partial charge in [0.05, 0.1) is 7.11 Å². The summed E-state index contributed by atoms with van der Waals surface area (Å²) >= 11 is 0. The second-order valence-corrected chi connectivity index (χ2v) is 2.43. The van der Waals surface area contributed by atoms with Crippen molar-refractivity contribution in [3.05, 3.63) is 0 Å². The van der Waals surface area contributed by atoms with Gasteiger partial charge >= 0.3 is 5.97 Å². The zero-order valence-corrected chi connectivity index (χ0v) is 7.26. The Balaban J connectivity index is 3.04. The first kappa shape index (κ1) is 10.4. The summed E-state index contributed by atoms with van der Waals surface area (Å²) in [5.74, 6) is -0.274. The largest absolute Gasteiger partial charge is 0.342 e. The van der Waals surface area contributed by atoms with Gasteiger partial charge in [0, 0.05) is 6.42 Å². The molecule has 0 bridgehead atoms. The van der Waals surface area contributed by atoms with Crippen LogP contribution in [0.1, 0.15) is 39.0 Å².